The fraction of sp³-hybridized carbons (Fsp3) is 0.0800. The zero-order chi connectivity index (χ0) is 24.2. The molecule has 0 radical (unpaired) electrons. The summed E-state index contributed by atoms with van der Waals surface area (Å²) in [5, 5.41) is 24.2. The van der Waals surface area contributed by atoms with Gasteiger partial charge in [-0.05, 0) is 48.5 Å². The van der Waals surface area contributed by atoms with Crippen molar-refractivity contribution in [2.75, 3.05) is 19.5 Å². The first-order valence-corrected chi connectivity index (χ1v) is 10.0. The highest BCUT2D eigenvalue weighted by molar-refractivity contribution is 6.05. The summed E-state index contributed by atoms with van der Waals surface area (Å²) in [7, 11) is 3.00. The largest absolute Gasteiger partial charge is 0.872 e. The van der Waals surface area contributed by atoms with Crippen molar-refractivity contribution < 1.29 is 33.7 Å². The van der Waals surface area contributed by atoms with Crippen molar-refractivity contribution in [3.63, 3.8) is 0 Å². The average Bonchev–Trinajstić information content (AvgIpc) is 2.83. The van der Waals surface area contributed by atoms with Crippen LogP contribution in [-0.2, 0) is 0 Å². The first-order chi connectivity index (χ1) is 16.4. The zero-order valence-electron chi connectivity index (χ0n) is 18.2. The molecule has 34 heavy (non-hydrogen) atoms. The molecular formula is C25H19N2O7-. The Labute approximate surface area is 193 Å². The van der Waals surface area contributed by atoms with Gasteiger partial charge in [0.1, 0.15) is 11.1 Å². The van der Waals surface area contributed by atoms with Crippen LogP contribution in [0, 0.1) is 0 Å². The first kappa shape index (κ1) is 22.4. The molecule has 0 atom stereocenters. The van der Waals surface area contributed by atoms with Gasteiger partial charge in [0.2, 0.25) is 5.55 Å². The summed E-state index contributed by atoms with van der Waals surface area (Å²) in [6.45, 7) is 0. The lowest BCUT2D eigenvalue weighted by Gasteiger charge is -2.11. The fourth-order valence-electron chi connectivity index (χ4n) is 3.25. The molecule has 0 fully saturated rings. The Morgan fingerprint density at radius 1 is 0.941 bits per heavy atom. The van der Waals surface area contributed by atoms with Gasteiger partial charge in [-0.15, -0.1) is 5.75 Å². The lowest BCUT2D eigenvalue weighted by Crippen LogP contribution is -2.21. The molecule has 3 aromatic carbocycles. The topological polar surface area (TPSA) is 133 Å². The molecule has 0 saturated carbocycles. The van der Waals surface area contributed by atoms with E-state index in [-0.39, 0.29) is 28.0 Å². The molecule has 9 nitrogen and oxygen atoms in total. The summed E-state index contributed by atoms with van der Waals surface area (Å²) in [5.41, 5.74) is 1.25. The molecule has 1 heterocycles. The summed E-state index contributed by atoms with van der Waals surface area (Å²) >= 11 is 0. The second-order valence-corrected chi connectivity index (χ2v) is 7.15. The monoisotopic (exact) mass is 459 g/mol. The number of hydrogen-bond donors (Lipinski definition) is 2. The summed E-state index contributed by atoms with van der Waals surface area (Å²) in [4.78, 5) is 28.7. The lowest BCUT2D eigenvalue weighted by molar-refractivity contribution is -0.268. The molecule has 4 rings (SSSR count). The number of hydrogen-bond acceptors (Lipinski definition) is 7. The Bertz CT molecular complexity index is 1460. The lowest BCUT2D eigenvalue weighted by atomic mass is 10.1. The minimum atomic E-state index is -1.07. The number of aromatic carboxylic acids is 1. The van der Waals surface area contributed by atoms with Crippen LogP contribution < -0.4 is 25.5 Å². The third-order valence-electron chi connectivity index (χ3n) is 4.95. The van der Waals surface area contributed by atoms with Crippen LogP contribution in [0.1, 0.15) is 20.7 Å². The maximum atomic E-state index is 13.2. The third-order valence-corrected chi connectivity index (χ3v) is 4.95. The average molecular weight is 459 g/mol. The first-order valence-electron chi connectivity index (χ1n) is 10.0. The predicted octanol–water partition coefficient (Wildman–Crippen LogP) is 3.71. The fourth-order valence-corrected chi connectivity index (χ4v) is 3.25. The molecule has 0 spiro atoms. The molecule has 1 aromatic heterocycles. The predicted molar refractivity (Wildman–Crippen MR) is 122 cm³/mol. The van der Waals surface area contributed by atoms with Crippen molar-refractivity contribution in [3.05, 3.63) is 83.4 Å². The third kappa shape index (κ3) is 4.68. The van der Waals surface area contributed by atoms with E-state index < -0.39 is 11.9 Å². The van der Waals surface area contributed by atoms with Crippen molar-refractivity contribution in [2.45, 2.75) is 0 Å². The Morgan fingerprint density at radius 3 is 2.35 bits per heavy atom. The van der Waals surface area contributed by atoms with Gasteiger partial charge in [-0.3, -0.25) is 4.79 Å². The quantitative estimate of drug-likeness (QED) is 0.449. The molecule has 0 bridgehead atoms. The normalized spacial score (nSPS) is 11.3. The van der Waals surface area contributed by atoms with Crippen LogP contribution in [0.4, 0.5) is 11.4 Å². The summed E-state index contributed by atoms with van der Waals surface area (Å²) in [6, 6.07) is 16.5. The number of nitrogens with zero attached hydrogens (tertiary/aromatic N) is 1. The van der Waals surface area contributed by atoms with Gasteiger partial charge in [-0.1, -0.05) is 12.1 Å². The van der Waals surface area contributed by atoms with E-state index >= 15 is 0 Å². The number of nitrogens with one attached hydrogen (secondary N) is 1. The van der Waals surface area contributed by atoms with Gasteiger partial charge in [0, 0.05) is 17.1 Å². The van der Waals surface area contributed by atoms with Gasteiger partial charge in [-0.25, -0.2) is 9.79 Å². The van der Waals surface area contributed by atoms with E-state index in [0.29, 0.717) is 28.3 Å². The molecule has 172 valence electrons. The number of carbonyl (C=O) groups excluding carboxylic acids is 1. The number of amides is 1. The summed E-state index contributed by atoms with van der Waals surface area (Å²) in [6.07, 6.45) is 0. The van der Waals surface area contributed by atoms with Crippen molar-refractivity contribution in [2.24, 2.45) is 4.99 Å². The molecule has 0 saturated heterocycles. The molecule has 0 aliphatic carbocycles. The van der Waals surface area contributed by atoms with Crippen molar-refractivity contribution >= 4 is 34.2 Å². The molecule has 0 aliphatic heterocycles. The number of carboxylic acid groups (broad SMARTS) is 1. The number of anilines is 1. The van der Waals surface area contributed by atoms with E-state index in [1.807, 2.05) is 0 Å². The number of carbonyl (C=O) groups is 2. The highest BCUT2D eigenvalue weighted by atomic mass is 16.5. The Kier molecular flexibility index (Phi) is 6.18. The van der Waals surface area contributed by atoms with E-state index in [1.54, 1.807) is 30.3 Å². The number of carboxylic acids is 1. The molecule has 2 N–H and O–H groups in total. The molecule has 4 aromatic rings. The van der Waals surface area contributed by atoms with Crippen molar-refractivity contribution in [1.29, 1.82) is 0 Å². The van der Waals surface area contributed by atoms with Crippen LogP contribution in [0.3, 0.4) is 0 Å². The highest BCUT2D eigenvalue weighted by Gasteiger charge is 2.15. The standard InChI is InChI=1S/C25H20N2O7/c1-32-20-10-8-17(12-22(20)33-2)26-23(29)19-11-15-5-9-18(28)13-21(15)34-24(19)27-16-6-3-14(4-7-16)25(30)31/h3-13,28H,1-2H3,(H,26,29)(H,30,31)/p-1. The maximum absolute atomic E-state index is 13.2. The van der Waals surface area contributed by atoms with Crippen LogP contribution in [0.5, 0.6) is 17.2 Å². The zero-order valence-corrected chi connectivity index (χ0v) is 18.2. The van der Waals surface area contributed by atoms with Crippen molar-refractivity contribution in [3.8, 4) is 17.2 Å². The number of ether oxygens (including phenoxy) is 2. The van der Waals surface area contributed by atoms with Crippen molar-refractivity contribution in [1.82, 2.24) is 0 Å². The number of methoxy groups -OCH3 is 2. The van der Waals surface area contributed by atoms with Crippen LogP contribution in [0.2, 0.25) is 0 Å². The van der Waals surface area contributed by atoms with E-state index in [9.17, 15) is 14.7 Å². The van der Waals surface area contributed by atoms with Crippen LogP contribution in [0.15, 0.2) is 76.1 Å². The van der Waals surface area contributed by atoms with E-state index in [2.05, 4.69) is 10.3 Å². The maximum Gasteiger partial charge on any atom is 0.335 e. The minimum absolute atomic E-state index is 0.0425. The van der Waals surface area contributed by atoms with Crippen LogP contribution in [0.25, 0.3) is 11.0 Å². The van der Waals surface area contributed by atoms with E-state index in [1.165, 1.54) is 50.6 Å². The van der Waals surface area contributed by atoms with Gasteiger partial charge < -0.3 is 29.4 Å². The minimum Gasteiger partial charge on any atom is -0.872 e. The Morgan fingerprint density at radius 2 is 1.68 bits per heavy atom. The molecule has 9 heteroatoms. The van der Waals surface area contributed by atoms with Gasteiger partial charge in [0.25, 0.3) is 5.91 Å². The van der Waals surface area contributed by atoms with E-state index in [4.69, 9.17) is 19.0 Å². The molecule has 0 unspecified atom stereocenters. The number of rotatable bonds is 6. The molecule has 0 aliphatic rings. The highest BCUT2D eigenvalue weighted by Crippen LogP contribution is 2.30. The second-order valence-electron chi connectivity index (χ2n) is 7.15. The molecule has 1 amide bonds. The number of fused-ring (bicyclic) bond motifs is 1. The van der Waals surface area contributed by atoms with E-state index in [0.717, 1.165) is 0 Å². The van der Waals surface area contributed by atoms with Gasteiger partial charge in [-0.2, -0.15) is 0 Å². The van der Waals surface area contributed by atoms with Gasteiger partial charge in [0.05, 0.1) is 25.5 Å². The van der Waals surface area contributed by atoms with Crippen LogP contribution in [-0.4, -0.2) is 31.2 Å². The number of benzene rings is 3. The summed E-state index contributed by atoms with van der Waals surface area (Å²) < 4.78 is 16.3. The smallest absolute Gasteiger partial charge is 0.335 e. The Balaban J connectivity index is 1.79. The summed E-state index contributed by atoms with van der Waals surface area (Å²) in [5.74, 6) is -0.884. The SMILES string of the molecule is COc1ccc(NC(=O)c2cc3ccc([O-])cc3oc2=Nc2ccc(C(=O)O)cc2)cc1OC. The molecular weight excluding hydrogens is 440 g/mol. The second kappa shape index (κ2) is 9.37. The van der Waals surface area contributed by atoms with Crippen LogP contribution >= 0.6 is 0 Å². The van der Waals surface area contributed by atoms with Gasteiger partial charge in [0.15, 0.2) is 11.5 Å². The Hall–Kier alpha value is -4.79. The van der Waals surface area contributed by atoms with Gasteiger partial charge >= 0.3 is 5.97 Å².